The lowest BCUT2D eigenvalue weighted by Gasteiger charge is -2.17. The first kappa shape index (κ1) is 26.4. The summed E-state index contributed by atoms with van der Waals surface area (Å²) < 4.78 is 17.7. The Morgan fingerprint density at radius 1 is 1.00 bits per heavy atom. The molecular formula is C33H28ClFN6O. The molecule has 1 amide bonds. The maximum absolute atomic E-state index is 13.7. The van der Waals surface area contributed by atoms with E-state index in [1.807, 2.05) is 30.3 Å². The summed E-state index contributed by atoms with van der Waals surface area (Å²) in [6.45, 7) is 3.07. The average Bonchev–Trinajstić information content (AvgIpc) is 3.56. The van der Waals surface area contributed by atoms with E-state index in [-0.39, 0.29) is 11.7 Å². The molecule has 7 rings (SSSR count). The molecule has 5 heterocycles. The lowest BCUT2D eigenvalue weighted by molar-refractivity contribution is 0.0945. The average molecular weight is 579 g/mol. The van der Waals surface area contributed by atoms with E-state index in [2.05, 4.69) is 32.3 Å². The molecule has 0 fully saturated rings. The summed E-state index contributed by atoms with van der Waals surface area (Å²) in [4.78, 5) is 17.6. The van der Waals surface area contributed by atoms with Gasteiger partial charge in [0, 0.05) is 64.8 Å². The van der Waals surface area contributed by atoms with Gasteiger partial charge in [-0.25, -0.2) is 8.91 Å². The Morgan fingerprint density at radius 3 is 2.67 bits per heavy atom. The number of pyridine rings is 2. The molecule has 4 aromatic heterocycles. The first-order chi connectivity index (χ1) is 20.6. The van der Waals surface area contributed by atoms with Gasteiger partial charge in [-0.1, -0.05) is 17.7 Å². The molecule has 0 bridgehead atoms. The number of rotatable bonds is 7. The van der Waals surface area contributed by atoms with Crippen molar-refractivity contribution < 1.29 is 9.18 Å². The zero-order valence-corrected chi connectivity index (χ0v) is 23.5. The van der Waals surface area contributed by atoms with Crippen LogP contribution < -0.4 is 10.6 Å². The Kier molecular flexibility index (Phi) is 6.93. The van der Waals surface area contributed by atoms with Crippen molar-refractivity contribution in [1.29, 1.82) is 0 Å². The van der Waals surface area contributed by atoms with Crippen molar-refractivity contribution in [2.24, 2.45) is 0 Å². The van der Waals surface area contributed by atoms with Crippen LogP contribution in [0.3, 0.4) is 0 Å². The van der Waals surface area contributed by atoms with Crippen molar-refractivity contribution in [2.75, 3.05) is 13.1 Å². The van der Waals surface area contributed by atoms with Gasteiger partial charge in [0.25, 0.3) is 5.91 Å². The van der Waals surface area contributed by atoms with E-state index in [9.17, 15) is 9.18 Å². The summed E-state index contributed by atoms with van der Waals surface area (Å²) in [5.74, 6) is -0.524. The third-order valence-electron chi connectivity index (χ3n) is 7.91. The second-order valence-corrected chi connectivity index (χ2v) is 10.9. The molecule has 0 spiro atoms. The molecule has 210 valence electrons. The molecule has 0 saturated carbocycles. The third-order valence-corrected chi connectivity index (χ3v) is 8.15. The Morgan fingerprint density at radius 2 is 1.83 bits per heavy atom. The summed E-state index contributed by atoms with van der Waals surface area (Å²) in [5, 5.41) is 13.4. The Labute approximate surface area is 247 Å². The van der Waals surface area contributed by atoms with Crippen LogP contribution in [0.15, 0.2) is 85.2 Å². The van der Waals surface area contributed by atoms with Crippen LogP contribution in [0, 0.1) is 5.82 Å². The number of hydrogen-bond acceptors (Lipinski definition) is 4. The summed E-state index contributed by atoms with van der Waals surface area (Å²) in [6, 6.07) is 21.7. The number of carbonyl (C=O) groups is 1. The zero-order chi connectivity index (χ0) is 28.6. The van der Waals surface area contributed by atoms with Crippen molar-refractivity contribution in [1.82, 2.24) is 29.8 Å². The third kappa shape index (κ3) is 4.72. The smallest absolute Gasteiger partial charge is 0.269 e. The maximum Gasteiger partial charge on any atom is 0.269 e. The van der Waals surface area contributed by atoms with Crippen molar-refractivity contribution in [3.8, 4) is 22.4 Å². The molecule has 7 nitrogen and oxygen atoms in total. The second kappa shape index (κ2) is 11.0. The predicted molar refractivity (Wildman–Crippen MR) is 163 cm³/mol. The van der Waals surface area contributed by atoms with Crippen LogP contribution in [0.5, 0.6) is 0 Å². The highest BCUT2D eigenvalue weighted by molar-refractivity contribution is 6.31. The van der Waals surface area contributed by atoms with Gasteiger partial charge < -0.3 is 15.2 Å². The van der Waals surface area contributed by atoms with Gasteiger partial charge in [-0.05, 0) is 97.2 Å². The van der Waals surface area contributed by atoms with Gasteiger partial charge in [0.05, 0.1) is 5.52 Å². The Hall–Kier alpha value is -4.53. The summed E-state index contributed by atoms with van der Waals surface area (Å²) in [6.07, 6.45) is 5.19. The number of nitrogens with one attached hydrogen (secondary N) is 2. The summed E-state index contributed by atoms with van der Waals surface area (Å²) in [7, 11) is 0. The van der Waals surface area contributed by atoms with Gasteiger partial charge in [-0.15, -0.1) is 0 Å². The van der Waals surface area contributed by atoms with Crippen molar-refractivity contribution in [3.63, 3.8) is 0 Å². The van der Waals surface area contributed by atoms with E-state index in [1.165, 1.54) is 34.3 Å². The normalized spacial score (nSPS) is 13.0. The van der Waals surface area contributed by atoms with E-state index in [1.54, 1.807) is 35.1 Å². The van der Waals surface area contributed by atoms with E-state index in [0.717, 1.165) is 59.7 Å². The molecule has 6 aromatic rings. The number of carbonyl (C=O) groups excluding carboxylic acids is 1. The minimum absolute atomic E-state index is 0.206. The van der Waals surface area contributed by atoms with Crippen LogP contribution in [0.25, 0.3) is 38.8 Å². The van der Waals surface area contributed by atoms with E-state index in [0.29, 0.717) is 17.9 Å². The van der Waals surface area contributed by atoms with Gasteiger partial charge in [-0.3, -0.25) is 9.78 Å². The first-order valence-corrected chi connectivity index (χ1v) is 14.4. The molecule has 42 heavy (non-hydrogen) atoms. The second-order valence-electron chi connectivity index (χ2n) is 10.4. The standard InChI is InChI=1S/C33H28ClFN6O/c34-23-7-10-27-26(19-23)25-13-17-37-20-30(25)40(27)18-2-14-38-33(42)29-4-1-3-28-31(21-11-15-36-16-12-21)32(39-41(28)29)22-5-8-24(35)9-6-22/h1,3-12,15-16,19,37H,2,13-14,17-18,20H2,(H,38,42). The van der Waals surface area contributed by atoms with Gasteiger partial charge in [0.1, 0.15) is 17.2 Å². The number of amides is 1. The van der Waals surface area contributed by atoms with Crippen LogP contribution in [0.4, 0.5) is 4.39 Å². The summed E-state index contributed by atoms with van der Waals surface area (Å²) >= 11 is 6.32. The minimum Gasteiger partial charge on any atom is -0.351 e. The van der Waals surface area contributed by atoms with Gasteiger partial charge in [0.2, 0.25) is 0 Å². The fourth-order valence-corrected chi connectivity index (χ4v) is 6.16. The maximum atomic E-state index is 13.7. The molecule has 1 aliphatic rings. The number of hydrogen-bond donors (Lipinski definition) is 2. The molecule has 0 radical (unpaired) electrons. The molecule has 2 aromatic carbocycles. The van der Waals surface area contributed by atoms with E-state index >= 15 is 0 Å². The lowest BCUT2D eigenvalue weighted by atomic mass is 10.0. The number of aryl methyl sites for hydroxylation is 1. The highest BCUT2D eigenvalue weighted by atomic mass is 35.5. The zero-order valence-electron chi connectivity index (χ0n) is 22.8. The molecule has 0 saturated heterocycles. The Balaban J connectivity index is 1.15. The molecule has 0 unspecified atom stereocenters. The van der Waals surface area contributed by atoms with Crippen LogP contribution in [0.1, 0.15) is 28.2 Å². The van der Waals surface area contributed by atoms with Crippen LogP contribution in [0.2, 0.25) is 5.02 Å². The lowest BCUT2D eigenvalue weighted by Crippen LogP contribution is -2.28. The topological polar surface area (TPSA) is 76.2 Å². The molecule has 1 aliphatic heterocycles. The largest absolute Gasteiger partial charge is 0.351 e. The molecule has 0 atom stereocenters. The van der Waals surface area contributed by atoms with Crippen LogP contribution >= 0.6 is 11.6 Å². The van der Waals surface area contributed by atoms with Crippen LogP contribution in [-0.4, -0.2) is 38.2 Å². The fourth-order valence-electron chi connectivity index (χ4n) is 5.99. The number of fused-ring (bicyclic) bond motifs is 4. The fraction of sp³-hybridized carbons (Fsp3) is 0.182. The highest BCUT2D eigenvalue weighted by Gasteiger charge is 2.22. The van der Waals surface area contributed by atoms with Crippen molar-refractivity contribution in [2.45, 2.75) is 25.9 Å². The molecular weight excluding hydrogens is 551 g/mol. The van der Waals surface area contributed by atoms with E-state index < -0.39 is 0 Å². The van der Waals surface area contributed by atoms with Gasteiger partial charge >= 0.3 is 0 Å². The molecule has 0 aliphatic carbocycles. The first-order valence-electron chi connectivity index (χ1n) is 14.0. The number of halogens is 2. The SMILES string of the molecule is O=C(NCCCn1c2c(c3cc(Cl)ccc31)CCNC2)c1cccc2c(-c3ccncc3)c(-c3ccc(F)cc3)nn12. The highest BCUT2D eigenvalue weighted by Crippen LogP contribution is 2.35. The number of benzene rings is 2. The molecule has 9 heteroatoms. The quantitative estimate of drug-likeness (QED) is 0.219. The monoisotopic (exact) mass is 578 g/mol. The number of aromatic nitrogens is 4. The molecule has 2 N–H and O–H groups in total. The summed E-state index contributed by atoms with van der Waals surface area (Å²) in [5.41, 5.74) is 8.24. The van der Waals surface area contributed by atoms with Gasteiger partial charge in [-0.2, -0.15) is 5.10 Å². The number of nitrogens with zero attached hydrogens (tertiary/aromatic N) is 4. The minimum atomic E-state index is -0.318. The predicted octanol–water partition coefficient (Wildman–Crippen LogP) is 6.28. The van der Waals surface area contributed by atoms with Crippen LogP contribution in [-0.2, 0) is 19.5 Å². The van der Waals surface area contributed by atoms with Gasteiger partial charge in [0.15, 0.2) is 0 Å². The van der Waals surface area contributed by atoms with E-state index in [4.69, 9.17) is 16.7 Å². The van der Waals surface area contributed by atoms with Crippen molar-refractivity contribution in [3.05, 3.63) is 113 Å². The Bertz CT molecular complexity index is 1930. The van der Waals surface area contributed by atoms with Crippen molar-refractivity contribution >= 4 is 33.9 Å².